The average molecular weight is 461 g/mol. The van der Waals surface area contributed by atoms with Gasteiger partial charge in [-0.3, -0.25) is 0 Å². The third kappa shape index (κ3) is 5.66. The highest BCUT2D eigenvalue weighted by Gasteiger charge is 2.29. The highest BCUT2D eigenvalue weighted by Crippen LogP contribution is 2.29. The molecule has 2 heterocycles. The van der Waals surface area contributed by atoms with Crippen LogP contribution in [0, 0.1) is 6.92 Å². The lowest BCUT2D eigenvalue weighted by Crippen LogP contribution is -2.49. The molecule has 0 amide bonds. The fourth-order valence-electron chi connectivity index (χ4n) is 4.02. The number of sulfonamides is 1. The molecule has 0 saturated carbocycles. The Hall–Kier alpha value is -2.03. The Balaban J connectivity index is 2.02. The van der Waals surface area contributed by atoms with Gasteiger partial charge in [-0.05, 0) is 25.8 Å². The van der Waals surface area contributed by atoms with E-state index in [-0.39, 0.29) is 11.7 Å². The van der Waals surface area contributed by atoms with Crippen LogP contribution in [0.1, 0.15) is 61.3 Å². The third-order valence-electron chi connectivity index (χ3n) is 6.18. The van der Waals surface area contributed by atoms with Gasteiger partial charge in [0.05, 0.1) is 18.1 Å². The summed E-state index contributed by atoms with van der Waals surface area (Å²) in [6.07, 6.45) is 1.66. The van der Waals surface area contributed by atoms with E-state index in [1.165, 1.54) is 11.1 Å². The van der Waals surface area contributed by atoms with Crippen LogP contribution in [0.2, 0.25) is 0 Å². The van der Waals surface area contributed by atoms with E-state index in [9.17, 15) is 8.42 Å². The Kier molecular flexibility index (Phi) is 8.25. The highest BCUT2D eigenvalue weighted by molar-refractivity contribution is 7.89. The Morgan fingerprint density at radius 2 is 1.84 bits per heavy atom. The van der Waals surface area contributed by atoms with Gasteiger partial charge in [0.1, 0.15) is 11.6 Å². The maximum atomic E-state index is 12.3. The zero-order chi connectivity index (χ0) is 23.3. The molecule has 0 unspecified atom stereocenters. The van der Waals surface area contributed by atoms with Gasteiger partial charge in [-0.15, -0.1) is 0 Å². The molecule has 176 valence electrons. The molecule has 1 saturated heterocycles. The van der Waals surface area contributed by atoms with Gasteiger partial charge in [-0.25, -0.2) is 18.4 Å². The fourth-order valence-corrected chi connectivity index (χ4v) is 5.11. The molecule has 1 aromatic heterocycles. The zero-order valence-corrected chi connectivity index (χ0v) is 20.8. The van der Waals surface area contributed by atoms with E-state index in [0.717, 1.165) is 29.3 Å². The number of piperazine rings is 1. The summed E-state index contributed by atoms with van der Waals surface area (Å²) < 4.78 is 31.8. The van der Waals surface area contributed by atoms with Crippen LogP contribution in [0.4, 0.5) is 5.82 Å². The maximum absolute atomic E-state index is 12.3. The van der Waals surface area contributed by atoms with Crippen molar-refractivity contribution in [1.82, 2.24) is 14.3 Å². The number of hydrogen-bond donors (Lipinski definition) is 0. The Morgan fingerprint density at radius 3 is 2.44 bits per heavy atom. The Labute approximate surface area is 192 Å². The van der Waals surface area contributed by atoms with E-state index in [1.54, 1.807) is 18.3 Å². The van der Waals surface area contributed by atoms with E-state index >= 15 is 0 Å². The molecule has 7 nitrogen and oxygen atoms in total. The SMILES string of the molecule is CC[C@H](C)c1nc(COC)c(Cc2cccc(C)c2)c(N2CCN(S(=O)(=O)CC)CC2)n1. The Morgan fingerprint density at radius 1 is 1.12 bits per heavy atom. The van der Waals surface area contributed by atoms with Crippen molar-refractivity contribution in [1.29, 1.82) is 0 Å². The molecular formula is C24H36N4O3S. The molecule has 32 heavy (non-hydrogen) atoms. The summed E-state index contributed by atoms with van der Waals surface area (Å²) in [5, 5.41) is 0. The number of methoxy groups -OCH3 is 1. The van der Waals surface area contributed by atoms with Gasteiger partial charge < -0.3 is 9.64 Å². The van der Waals surface area contributed by atoms with Gasteiger partial charge in [-0.2, -0.15) is 4.31 Å². The molecule has 3 rings (SSSR count). The first kappa shape index (κ1) is 24.6. The van der Waals surface area contributed by atoms with E-state index < -0.39 is 10.0 Å². The normalized spacial score (nSPS) is 16.3. The summed E-state index contributed by atoms with van der Waals surface area (Å²) in [7, 11) is -1.49. The molecule has 0 N–H and O–H groups in total. The molecule has 1 atom stereocenters. The average Bonchev–Trinajstić information content (AvgIpc) is 2.79. The van der Waals surface area contributed by atoms with Crippen molar-refractivity contribution in [3.8, 4) is 0 Å². The summed E-state index contributed by atoms with van der Waals surface area (Å²) in [4.78, 5) is 12.2. The maximum Gasteiger partial charge on any atom is 0.213 e. The number of benzene rings is 1. The first-order valence-electron chi connectivity index (χ1n) is 11.5. The first-order valence-corrected chi connectivity index (χ1v) is 13.1. The van der Waals surface area contributed by atoms with Crippen molar-refractivity contribution in [3.63, 3.8) is 0 Å². The van der Waals surface area contributed by atoms with E-state index in [2.05, 4.69) is 49.9 Å². The van der Waals surface area contributed by atoms with Crippen LogP contribution in [0.5, 0.6) is 0 Å². The number of nitrogens with zero attached hydrogens (tertiary/aromatic N) is 4. The topological polar surface area (TPSA) is 75.6 Å². The molecule has 0 radical (unpaired) electrons. The standard InChI is InChI=1S/C24H36N4O3S/c1-6-19(4)23-25-22(17-31-5)21(16-20-10-8-9-18(3)15-20)24(26-23)27-11-13-28(14-12-27)32(29,30)7-2/h8-10,15,19H,6-7,11-14,16-17H2,1-5H3/t19-/m0/s1. The zero-order valence-electron chi connectivity index (χ0n) is 20.0. The molecule has 0 bridgehead atoms. The summed E-state index contributed by atoms with van der Waals surface area (Å²) >= 11 is 0. The van der Waals surface area contributed by atoms with Crippen molar-refractivity contribution in [3.05, 3.63) is 52.5 Å². The minimum absolute atomic E-state index is 0.134. The van der Waals surface area contributed by atoms with Gasteiger partial charge in [0.2, 0.25) is 10.0 Å². The lowest BCUT2D eigenvalue weighted by molar-refractivity contribution is 0.180. The molecule has 1 aromatic carbocycles. The van der Waals surface area contributed by atoms with Crippen LogP contribution in [-0.4, -0.2) is 61.7 Å². The predicted molar refractivity (Wildman–Crippen MR) is 129 cm³/mol. The van der Waals surface area contributed by atoms with Gasteiger partial charge in [-0.1, -0.05) is 43.7 Å². The largest absolute Gasteiger partial charge is 0.378 e. The molecule has 8 heteroatoms. The van der Waals surface area contributed by atoms with E-state index in [0.29, 0.717) is 39.2 Å². The second kappa shape index (κ2) is 10.7. The minimum Gasteiger partial charge on any atom is -0.378 e. The number of ether oxygens (including phenoxy) is 1. The van der Waals surface area contributed by atoms with Crippen LogP contribution in [0.25, 0.3) is 0 Å². The molecular weight excluding hydrogens is 424 g/mol. The molecule has 1 fully saturated rings. The van der Waals surface area contributed by atoms with Crippen molar-refractivity contribution in [2.45, 2.75) is 53.1 Å². The summed E-state index contributed by atoms with van der Waals surface area (Å²) in [6.45, 7) is 10.7. The summed E-state index contributed by atoms with van der Waals surface area (Å²) in [5.41, 5.74) is 4.40. The lowest BCUT2D eigenvalue weighted by Gasteiger charge is -2.36. The second-order valence-electron chi connectivity index (χ2n) is 8.53. The summed E-state index contributed by atoms with van der Waals surface area (Å²) in [6, 6.07) is 8.48. The molecule has 1 aliphatic rings. The van der Waals surface area contributed by atoms with Crippen LogP contribution >= 0.6 is 0 Å². The number of hydrogen-bond acceptors (Lipinski definition) is 6. The Bertz CT molecular complexity index is 1020. The van der Waals surface area contributed by atoms with Crippen molar-refractivity contribution < 1.29 is 13.2 Å². The fraction of sp³-hybridized carbons (Fsp3) is 0.583. The molecule has 0 aliphatic carbocycles. The van der Waals surface area contributed by atoms with Crippen molar-refractivity contribution >= 4 is 15.8 Å². The third-order valence-corrected chi connectivity index (χ3v) is 8.06. The predicted octanol–water partition coefficient (Wildman–Crippen LogP) is 3.51. The smallest absolute Gasteiger partial charge is 0.213 e. The van der Waals surface area contributed by atoms with Crippen molar-refractivity contribution in [2.24, 2.45) is 0 Å². The van der Waals surface area contributed by atoms with Crippen LogP contribution in [0.15, 0.2) is 24.3 Å². The van der Waals surface area contributed by atoms with Gasteiger partial charge >= 0.3 is 0 Å². The quantitative estimate of drug-likeness (QED) is 0.570. The highest BCUT2D eigenvalue weighted by atomic mass is 32.2. The first-order chi connectivity index (χ1) is 15.3. The number of aromatic nitrogens is 2. The monoisotopic (exact) mass is 460 g/mol. The van der Waals surface area contributed by atoms with Crippen molar-refractivity contribution in [2.75, 3.05) is 43.9 Å². The molecule has 0 spiro atoms. The summed E-state index contributed by atoms with van der Waals surface area (Å²) in [5.74, 6) is 2.11. The number of anilines is 1. The van der Waals surface area contributed by atoms with Crippen LogP contribution in [-0.2, 0) is 27.8 Å². The molecule has 1 aliphatic heterocycles. The second-order valence-corrected chi connectivity index (χ2v) is 10.8. The van der Waals surface area contributed by atoms with Gasteiger partial charge in [0, 0.05) is 51.2 Å². The number of aryl methyl sites for hydroxylation is 1. The van der Waals surface area contributed by atoms with Gasteiger partial charge in [0.15, 0.2) is 0 Å². The molecule has 2 aromatic rings. The van der Waals surface area contributed by atoms with E-state index in [4.69, 9.17) is 14.7 Å². The number of rotatable bonds is 9. The lowest BCUT2D eigenvalue weighted by atomic mass is 10.0. The van der Waals surface area contributed by atoms with Gasteiger partial charge in [0.25, 0.3) is 0 Å². The van der Waals surface area contributed by atoms with Crippen LogP contribution in [0.3, 0.4) is 0 Å². The van der Waals surface area contributed by atoms with E-state index in [1.807, 2.05) is 0 Å². The minimum atomic E-state index is -3.18. The van der Waals surface area contributed by atoms with Crippen LogP contribution < -0.4 is 4.90 Å².